The van der Waals surface area contributed by atoms with E-state index in [4.69, 9.17) is 0 Å². The van der Waals surface area contributed by atoms with E-state index in [1.54, 1.807) is 29.1 Å². The van der Waals surface area contributed by atoms with Crippen LogP contribution in [-0.2, 0) is 9.59 Å². The standard InChI is InChI=1S/C16H19FN4O2S/c1-11(2)20-14(22)9-19-15(23)10-24-16-18-6-7-21(16)13-5-3-4-12(17)8-13/h3-8,11H,9-10H2,1-2H3,(H,19,23)(H,20,22). The molecule has 0 unspecified atom stereocenters. The van der Waals surface area contributed by atoms with Crippen LogP contribution in [0.5, 0.6) is 0 Å². The maximum absolute atomic E-state index is 13.3. The predicted molar refractivity (Wildman–Crippen MR) is 90.5 cm³/mol. The number of imidazole rings is 1. The maximum Gasteiger partial charge on any atom is 0.239 e. The van der Waals surface area contributed by atoms with E-state index in [1.807, 2.05) is 13.8 Å². The topological polar surface area (TPSA) is 76.0 Å². The summed E-state index contributed by atoms with van der Waals surface area (Å²) in [5.74, 6) is -0.732. The molecule has 0 aliphatic rings. The molecular weight excluding hydrogens is 331 g/mol. The summed E-state index contributed by atoms with van der Waals surface area (Å²) >= 11 is 1.21. The second kappa shape index (κ2) is 8.49. The Kier molecular flexibility index (Phi) is 6.36. The lowest BCUT2D eigenvalue weighted by atomic mass is 10.3. The third kappa shape index (κ3) is 5.38. The Balaban J connectivity index is 1.88. The third-order valence-corrected chi connectivity index (χ3v) is 3.89. The fraction of sp³-hybridized carbons (Fsp3) is 0.312. The minimum Gasteiger partial charge on any atom is -0.352 e. The average Bonchev–Trinajstić information content (AvgIpc) is 2.99. The van der Waals surface area contributed by atoms with Gasteiger partial charge in [0.15, 0.2) is 5.16 Å². The number of rotatable bonds is 7. The van der Waals surface area contributed by atoms with Crippen molar-refractivity contribution in [3.8, 4) is 5.69 Å². The van der Waals surface area contributed by atoms with Gasteiger partial charge in [0.1, 0.15) is 5.82 Å². The van der Waals surface area contributed by atoms with Crippen LogP contribution in [0, 0.1) is 5.82 Å². The molecule has 0 saturated heterocycles. The molecule has 0 spiro atoms. The van der Waals surface area contributed by atoms with Gasteiger partial charge in [0.2, 0.25) is 11.8 Å². The van der Waals surface area contributed by atoms with Crippen LogP contribution in [-0.4, -0.2) is 39.7 Å². The lowest BCUT2D eigenvalue weighted by Gasteiger charge is -2.10. The van der Waals surface area contributed by atoms with E-state index in [-0.39, 0.29) is 36.0 Å². The molecule has 2 amide bonds. The number of aromatic nitrogens is 2. The molecule has 1 heterocycles. The van der Waals surface area contributed by atoms with Gasteiger partial charge in [-0.1, -0.05) is 17.8 Å². The third-order valence-electron chi connectivity index (χ3n) is 2.92. The lowest BCUT2D eigenvalue weighted by molar-refractivity contribution is -0.125. The van der Waals surface area contributed by atoms with E-state index in [0.717, 1.165) is 0 Å². The molecule has 128 valence electrons. The normalized spacial score (nSPS) is 10.7. The Hall–Kier alpha value is -2.35. The van der Waals surface area contributed by atoms with Crippen LogP contribution in [0.3, 0.4) is 0 Å². The van der Waals surface area contributed by atoms with E-state index in [0.29, 0.717) is 10.8 Å². The number of carbonyl (C=O) groups excluding carboxylic acids is 2. The number of halogens is 1. The van der Waals surface area contributed by atoms with Crippen molar-refractivity contribution < 1.29 is 14.0 Å². The predicted octanol–water partition coefficient (Wildman–Crippen LogP) is 1.74. The molecule has 0 aliphatic carbocycles. The molecule has 1 aromatic heterocycles. The zero-order valence-corrected chi connectivity index (χ0v) is 14.3. The van der Waals surface area contributed by atoms with E-state index in [9.17, 15) is 14.0 Å². The maximum atomic E-state index is 13.3. The lowest BCUT2D eigenvalue weighted by Crippen LogP contribution is -2.40. The molecule has 1 aromatic carbocycles. The molecule has 0 bridgehead atoms. The van der Waals surface area contributed by atoms with Gasteiger partial charge in [-0.3, -0.25) is 14.2 Å². The summed E-state index contributed by atoms with van der Waals surface area (Å²) in [6.07, 6.45) is 3.28. The van der Waals surface area contributed by atoms with E-state index < -0.39 is 0 Å². The van der Waals surface area contributed by atoms with Crippen LogP contribution < -0.4 is 10.6 Å². The summed E-state index contributed by atoms with van der Waals surface area (Å²) < 4.78 is 15.0. The molecule has 2 aromatic rings. The van der Waals surface area contributed by atoms with Gasteiger partial charge in [-0.05, 0) is 32.0 Å². The highest BCUT2D eigenvalue weighted by Crippen LogP contribution is 2.20. The molecule has 0 atom stereocenters. The van der Waals surface area contributed by atoms with Crippen molar-refractivity contribution in [2.45, 2.75) is 25.0 Å². The van der Waals surface area contributed by atoms with Gasteiger partial charge in [0.05, 0.1) is 18.0 Å². The first-order valence-corrected chi connectivity index (χ1v) is 8.42. The molecule has 0 saturated carbocycles. The number of nitrogens with zero attached hydrogens (tertiary/aromatic N) is 2. The summed E-state index contributed by atoms with van der Waals surface area (Å²) in [6.45, 7) is 3.64. The molecule has 6 nitrogen and oxygen atoms in total. The summed E-state index contributed by atoms with van der Waals surface area (Å²) in [6, 6.07) is 6.15. The molecule has 0 aliphatic heterocycles. The number of hydrogen-bond donors (Lipinski definition) is 2. The van der Waals surface area contributed by atoms with E-state index in [2.05, 4.69) is 15.6 Å². The first kappa shape index (κ1) is 18.0. The van der Waals surface area contributed by atoms with Gasteiger partial charge in [0.25, 0.3) is 0 Å². The van der Waals surface area contributed by atoms with Crippen LogP contribution in [0.2, 0.25) is 0 Å². The Morgan fingerprint density at radius 2 is 2.12 bits per heavy atom. The molecule has 2 N–H and O–H groups in total. The smallest absolute Gasteiger partial charge is 0.239 e. The molecule has 24 heavy (non-hydrogen) atoms. The molecule has 2 rings (SSSR count). The fourth-order valence-electron chi connectivity index (χ4n) is 1.95. The Morgan fingerprint density at radius 1 is 1.33 bits per heavy atom. The number of nitrogens with one attached hydrogen (secondary N) is 2. The summed E-state index contributed by atoms with van der Waals surface area (Å²) in [5.41, 5.74) is 0.631. The second-order valence-corrected chi connectivity index (χ2v) is 6.29. The number of hydrogen-bond acceptors (Lipinski definition) is 4. The minimum absolute atomic E-state index is 0.0301. The summed E-state index contributed by atoms with van der Waals surface area (Å²) in [7, 11) is 0. The van der Waals surface area contributed by atoms with Crippen molar-refractivity contribution in [3.05, 3.63) is 42.5 Å². The zero-order valence-electron chi connectivity index (χ0n) is 13.5. The highest BCUT2D eigenvalue weighted by atomic mass is 32.2. The Labute approximate surface area is 143 Å². The molecule has 8 heteroatoms. The zero-order chi connectivity index (χ0) is 17.5. The monoisotopic (exact) mass is 350 g/mol. The highest BCUT2D eigenvalue weighted by molar-refractivity contribution is 7.99. The van der Waals surface area contributed by atoms with Crippen molar-refractivity contribution in [3.63, 3.8) is 0 Å². The van der Waals surface area contributed by atoms with Crippen molar-refractivity contribution in [1.82, 2.24) is 20.2 Å². The van der Waals surface area contributed by atoms with Crippen molar-refractivity contribution in [2.75, 3.05) is 12.3 Å². The Morgan fingerprint density at radius 3 is 2.83 bits per heavy atom. The average molecular weight is 350 g/mol. The van der Waals surface area contributed by atoms with E-state index in [1.165, 1.54) is 23.9 Å². The van der Waals surface area contributed by atoms with Crippen LogP contribution >= 0.6 is 11.8 Å². The van der Waals surface area contributed by atoms with Crippen molar-refractivity contribution in [2.24, 2.45) is 0 Å². The van der Waals surface area contributed by atoms with Crippen LogP contribution in [0.25, 0.3) is 5.69 Å². The van der Waals surface area contributed by atoms with Gasteiger partial charge in [0, 0.05) is 18.4 Å². The fourth-order valence-corrected chi connectivity index (χ4v) is 2.76. The van der Waals surface area contributed by atoms with Crippen LogP contribution in [0.15, 0.2) is 41.8 Å². The largest absolute Gasteiger partial charge is 0.352 e. The summed E-state index contributed by atoms with van der Waals surface area (Å²) in [4.78, 5) is 27.5. The molecule has 0 radical (unpaired) electrons. The quantitative estimate of drug-likeness (QED) is 0.746. The second-order valence-electron chi connectivity index (χ2n) is 5.35. The van der Waals surface area contributed by atoms with Crippen LogP contribution in [0.1, 0.15) is 13.8 Å². The van der Waals surface area contributed by atoms with E-state index >= 15 is 0 Å². The summed E-state index contributed by atoms with van der Waals surface area (Å²) in [5, 5.41) is 5.81. The number of thioether (sulfide) groups is 1. The van der Waals surface area contributed by atoms with Crippen molar-refractivity contribution >= 4 is 23.6 Å². The van der Waals surface area contributed by atoms with Crippen molar-refractivity contribution in [1.29, 1.82) is 0 Å². The molecular formula is C16H19FN4O2S. The first-order valence-electron chi connectivity index (χ1n) is 7.44. The van der Waals surface area contributed by atoms with Gasteiger partial charge in [-0.15, -0.1) is 0 Å². The number of benzene rings is 1. The highest BCUT2D eigenvalue weighted by Gasteiger charge is 2.11. The van der Waals surface area contributed by atoms with Crippen LogP contribution in [0.4, 0.5) is 4.39 Å². The first-order chi connectivity index (χ1) is 11.5. The number of carbonyl (C=O) groups is 2. The Bertz CT molecular complexity index is 718. The molecule has 0 fully saturated rings. The number of amides is 2. The SMILES string of the molecule is CC(C)NC(=O)CNC(=O)CSc1nccn1-c1cccc(F)c1. The van der Waals surface area contributed by atoms with Gasteiger partial charge in [-0.2, -0.15) is 0 Å². The van der Waals surface area contributed by atoms with Gasteiger partial charge < -0.3 is 10.6 Å². The minimum atomic E-state index is -0.342. The van der Waals surface area contributed by atoms with Gasteiger partial charge in [-0.25, -0.2) is 9.37 Å². The van der Waals surface area contributed by atoms with Gasteiger partial charge >= 0.3 is 0 Å².